The minimum atomic E-state index is -1.58. The van der Waals surface area contributed by atoms with Crippen LogP contribution in [0.3, 0.4) is 0 Å². The molecule has 3 aromatic rings. The first-order chi connectivity index (χ1) is 20.2. The highest BCUT2D eigenvalue weighted by atomic mass is 19.2. The Labute approximate surface area is 242 Å². The minimum Gasteiger partial charge on any atom is -0.339 e. The van der Waals surface area contributed by atoms with E-state index >= 15 is 0 Å². The molecule has 1 aliphatic rings. The van der Waals surface area contributed by atoms with Gasteiger partial charge in [0.2, 0.25) is 5.91 Å². The number of benzene rings is 2. The normalized spacial score (nSPS) is 16.6. The lowest BCUT2D eigenvalue weighted by molar-refractivity contribution is -0.124. The van der Waals surface area contributed by atoms with E-state index in [0.29, 0.717) is 55.7 Å². The van der Waals surface area contributed by atoms with Crippen LogP contribution in [0.25, 0.3) is 5.70 Å². The number of hydrogen-bond acceptors (Lipinski definition) is 7. The fourth-order valence-electron chi connectivity index (χ4n) is 5.00. The van der Waals surface area contributed by atoms with Gasteiger partial charge in [0.25, 0.3) is 0 Å². The van der Waals surface area contributed by atoms with Crippen molar-refractivity contribution >= 4 is 29.8 Å². The van der Waals surface area contributed by atoms with Gasteiger partial charge in [0.1, 0.15) is 18.1 Å². The third-order valence-corrected chi connectivity index (χ3v) is 7.17. The van der Waals surface area contributed by atoms with Gasteiger partial charge in [-0.25, -0.2) is 23.4 Å². The molecule has 42 heavy (non-hydrogen) atoms. The predicted octanol–water partition coefficient (Wildman–Crippen LogP) is 4.60. The third kappa shape index (κ3) is 6.94. The monoisotopic (exact) mass is 586 g/mol. The van der Waals surface area contributed by atoms with Crippen LogP contribution >= 0.6 is 0 Å². The lowest BCUT2D eigenvalue weighted by Gasteiger charge is -2.37. The van der Waals surface area contributed by atoms with Crippen LogP contribution in [0.5, 0.6) is 0 Å². The Hall–Kier alpha value is -4.29. The van der Waals surface area contributed by atoms with Gasteiger partial charge in [-0.1, -0.05) is 6.08 Å². The van der Waals surface area contributed by atoms with Crippen LogP contribution in [0.2, 0.25) is 0 Å². The van der Waals surface area contributed by atoms with E-state index in [1.807, 2.05) is 18.7 Å². The number of carbonyl (C=O) groups excluding carboxylic acids is 2. The topological polar surface area (TPSA) is 104 Å². The summed E-state index contributed by atoms with van der Waals surface area (Å²) in [4.78, 5) is 27.3. The lowest BCUT2D eigenvalue weighted by Crippen LogP contribution is -2.51. The molecule has 8 nitrogen and oxygen atoms in total. The Balaban J connectivity index is 0.00000237. The summed E-state index contributed by atoms with van der Waals surface area (Å²) in [5.41, 5.74) is 1.27. The number of nitrogens with two attached hydrogens (primary N) is 1. The first-order valence-electron chi connectivity index (χ1n) is 13.2. The van der Waals surface area contributed by atoms with Gasteiger partial charge in [0.15, 0.2) is 17.5 Å². The molecule has 1 saturated heterocycles. The zero-order valence-electron chi connectivity index (χ0n) is 23.5. The Bertz CT molecular complexity index is 1380. The van der Waals surface area contributed by atoms with Crippen molar-refractivity contribution in [2.45, 2.75) is 38.1 Å². The molecular formula is C30H34F4N6O2. The summed E-state index contributed by atoms with van der Waals surface area (Å²) in [7, 11) is 1.81. The number of allylic oxidation sites excluding steroid dienone is 1. The van der Waals surface area contributed by atoms with Crippen molar-refractivity contribution in [1.29, 1.82) is 0 Å². The zero-order valence-corrected chi connectivity index (χ0v) is 23.5. The largest absolute Gasteiger partial charge is 0.339 e. The molecule has 0 spiro atoms. The predicted molar refractivity (Wildman–Crippen MR) is 154 cm³/mol. The molecule has 0 saturated carbocycles. The summed E-state index contributed by atoms with van der Waals surface area (Å²) < 4.78 is 55.4. The van der Waals surface area contributed by atoms with Crippen LogP contribution in [0.15, 0.2) is 60.9 Å². The second-order valence-corrected chi connectivity index (χ2v) is 9.73. The molecule has 1 amide bonds. The van der Waals surface area contributed by atoms with Crippen LogP contribution in [-0.4, -0.2) is 43.5 Å². The van der Waals surface area contributed by atoms with Crippen molar-refractivity contribution in [1.82, 2.24) is 15.6 Å². The molecule has 224 valence electrons. The number of pyridine rings is 1. The minimum absolute atomic E-state index is 0.0787. The van der Waals surface area contributed by atoms with Crippen molar-refractivity contribution in [3.05, 3.63) is 95.3 Å². The molecular weight excluding hydrogens is 552 g/mol. The van der Waals surface area contributed by atoms with E-state index in [2.05, 4.69) is 15.6 Å². The van der Waals surface area contributed by atoms with Crippen LogP contribution < -0.4 is 26.4 Å². The Morgan fingerprint density at radius 3 is 2.48 bits per heavy atom. The van der Waals surface area contributed by atoms with Gasteiger partial charge in [-0.05, 0) is 82.1 Å². The van der Waals surface area contributed by atoms with Crippen molar-refractivity contribution < 1.29 is 27.2 Å². The molecule has 1 fully saturated rings. The van der Waals surface area contributed by atoms with E-state index < -0.39 is 23.0 Å². The smallest absolute Gasteiger partial charge is 0.247 e. The molecule has 1 aromatic heterocycles. The fourth-order valence-corrected chi connectivity index (χ4v) is 5.00. The molecule has 4 rings (SSSR count). The number of halogens is 4. The second kappa shape index (κ2) is 14.6. The molecule has 1 aliphatic heterocycles. The number of nitrogens with zero attached hydrogens (tertiary/aromatic N) is 3. The molecule has 0 radical (unpaired) electrons. The zero-order chi connectivity index (χ0) is 30.9. The molecule has 2 heterocycles. The van der Waals surface area contributed by atoms with Crippen molar-refractivity contribution in [2.75, 3.05) is 30.2 Å². The standard InChI is InChI=1S/C29H32F4N6O.CH2O/c1-19-14-21(8-9-23(19)30)38-18-37-28(40)29(38,11-13-35-2)10-4-3-7-26(20-6-5-12-36-17-20)39(34)22-15-24(31)27(33)25(32)16-22;1-2/h5-9,12,14-17,35H,3-4,10-11,13,18,34H2,1-2H3,(H,37,40);1H2/b26-7-;. The summed E-state index contributed by atoms with van der Waals surface area (Å²) in [5, 5.41) is 7.13. The number of amides is 1. The molecule has 0 bridgehead atoms. The Morgan fingerprint density at radius 2 is 1.86 bits per heavy atom. The second-order valence-electron chi connectivity index (χ2n) is 9.73. The highest BCUT2D eigenvalue weighted by Gasteiger charge is 2.47. The summed E-state index contributed by atoms with van der Waals surface area (Å²) in [6, 6.07) is 9.88. The van der Waals surface area contributed by atoms with E-state index in [-0.39, 0.29) is 17.4 Å². The third-order valence-electron chi connectivity index (χ3n) is 7.17. The Kier molecular flexibility index (Phi) is 11.2. The summed E-state index contributed by atoms with van der Waals surface area (Å²) >= 11 is 0. The number of unbranched alkanes of at least 4 members (excludes halogenated alkanes) is 1. The first kappa shape index (κ1) is 32.2. The molecule has 0 aliphatic carbocycles. The maximum Gasteiger partial charge on any atom is 0.247 e. The number of carbonyl (C=O) groups is 2. The average Bonchev–Trinajstić information content (AvgIpc) is 3.32. The highest BCUT2D eigenvalue weighted by molar-refractivity contribution is 5.93. The van der Waals surface area contributed by atoms with Crippen LogP contribution in [0.1, 0.15) is 36.8 Å². The van der Waals surface area contributed by atoms with Gasteiger partial charge >= 0.3 is 0 Å². The molecule has 1 atom stereocenters. The average molecular weight is 587 g/mol. The quantitative estimate of drug-likeness (QED) is 0.0993. The molecule has 1 unspecified atom stereocenters. The number of aromatic nitrogens is 1. The molecule has 12 heteroatoms. The number of hydrazine groups is 1. The van der Waals surface area contributed by atoms with Gasteiger partial charge in [0.05, 0.1) is 18.1 Å². The fraction of sp³-hybridized carbons (Fsp3) is 0.300. The first-order valence-corrected chi connectivity index (χ1v) is 13.2. The summed E-state index contributed by atoms with van der Waals surface area (Å²) in [5.74, 6) is 1.55. The SMILES string of the molecule is C=O.CNCCC1(CCC/C=C(/c2cccnc2)N(N)c2cc(F)c(F)c(F)c2)C(=O)NCN1c1ccc(F)c(C)c1. The van der Waals surface area contributed by atoms with E-state index in [1.54, 1.807) is 49.7 Å². The Morgan fingerprint density at radius 1 is 1.14 bits per heavy atom. The number of rotatable bonds is 11. The van der Waals surface area contributed by atoms with Gasteiger partial charge in [-0.15, -0.1) is 0 Å². The maximum absolute atomic E-state index is 14.0. The maximum atomic E-state index is 14.0. The van der Waals surface area contributed by atoms with E-state index in [0.717, 1.165) is 22.8 Å². The van der Waals surface area contributed by atoms with Crippen molar-refractivity contribution in [3.8, 4) is 0 Å². The van der Waals surface area contributed by atoms with Gasteiger partial charge in [-0.3, -0.25) is 14.8 Å². The van der Waals surface area contributed by atoms with E-state index in [4.69, 9.17) is 10.6 Å². The van der Waals surface area contributed by atoms with Crippen LogP contribution in [0.4, 0.5) is 28.9 Å². The number of aryl methyl sites for hydroxylation is 1. The highest BCUT2D eigenvalue weighted by Crippen LogP contribution is 2.36. The van der Waals surface area contributed by atoms with Crippen LogP contribution in [-0.2, 0) is 9.59 Å². The molecule has 4 N–H and O–H groups in total. The van der Waals surface area contributed by atoms with Gasteiger partial charge in [-0.2, -0.15) is 0 Å². The van der Waals surface area contributed by atoms with Gasteiger partial charge in [0, 0.05) is 35.8 Å². The van der Waals surface area contributed by atoms with Gasteiger partial charge < -0.3 is 20.3 Å². The lowest BCUT2D eigenvalue weighted by atomic mass is 9.86. The van der Waals surface area contributed by atoms with Crippen LogP contribution in [0, 0.1) is 30.2 Å². The number of nitrogens with one attached hydrogen (secondary N) is 2. The molecule has 2 aromatic carbocycles. The number of hydrogen-bond donors (Lipinski definition) is 3. The number of anilines is 2. The summed E-state index contributed by atoms with van der Waals surface area (Å²) in [6.07, 6.45) is 6.92. The van der Waals surface area contributed by atoms with E-state index in [1.165, 1.54) is 6.07 Å². The van der Waals surface area contributed by atoms with E-state index in [9.17, 15) is 22.4 Å². The van der Waals surface area contributed by atoms with Crippen molar-refractivity contribution in [3.63, 3.8) is 0 Å². The van der Waals surface area contributed by atoms with Crippen molar-refractivity contribution in [2.24, 2.45) is 5.84 Å². The summed E-state index contributed by atoms with van der Waals surface area (Å²) in [6.45, 7) is 4.56.